The van der Waals surface area contributed by atoms with Crippen molar-refractivity contribution in [3.05, 3.63) is 0 Å². The lowest BCUT2D eigenvalue weighted by molar-refractivity contribution is -0.0774. The first kappa shape index (κ1) is 14.0. The van der Waals surface area contributed by atoms with Crippen LogP contribution in [-0.2, 0) is 0 Å². The second kappa shape index (κ2) is 5.41. The molecule has 19 heavy (non-hydrogen) atoms. The van der Waals surface area contributed by atoms with Crippen molar-refractivity contribution in [1.82, 2.24) is 0 Å². The standard InChI is InChI=1S/C19H34/c1-16-10-9-15-19(16,17-11-5-3-6-12-17)18(2)13-7-4-8-14-18/h16-17H,3-15H2,1-2H3. The van der Waals surface area contributed by atoms with E-state index in [1.807, 2.05) is 0 Å². The second-order valence-electron chi connectivity index (χ2n) is 8.29. The zero-order valence-electron chi connectivity index (χ0n) is 13.3. The largest absolute Gasteiger partial charge is 0.0619 e. The first-order valence-corrected chi connectivity index (χ1v) is 9.19. The van der Waals surface area contributed by atoms with Gasteiger partial charge in [-0.15, -0.1) is 0 Å². The molecule has 3 saturated carbocycles. The van der Waals surface area contributed by atoms with Crippen LogP contribution in [0, 0.1) is 22.7 Å². The fourth-order valence-electron chi connectivity index (χ4n) is 6.62. The molecule has 3 rings (SSSR count). The van der Waals surface area contributed by atoms with Crippen LogP contribution in [0.3, 0.4) is 0 Å². The van der Waals surface area contributed by atoms with Gasteiger partial charge in [0.05, 0.1) is 0 Å². The molecular weight excluding hydrogens is 228 g/mol. The third kappa shape index (κ3) is 2.18. The van der Waals surface area contributed by atoms with Gasteiger partial charge in [-0.3, -0.25) is 0 Å². The van der Waals surface area contributed by atoms with Crippen LogP contribution in [0.4, 0.5) is 0 Å². The summed E-state index contributed by atoms with van der Waals surface area (Å²) in [6.45, 7) is 5.31. The van der Waals surface area contributed by atoms with Crippen molar-refractivity contribution in [2.45, 2.75) is 97.3 Å². The van der Waals surface area contributed by atoms with Gasteiger partial charge >= 0.3 is 0 Å². The summed E-state index contributed by atoms with van der Waals surface area (Å²) in [6, 6.07) is 0. The van der Waals surface area contributed by atoms with Gasteiger partial charge in [-0.1, -0.05) is 65.2 Å². The molecule has 2 unspecified atom stereocenters. The van der Waals surface area contributed by atoms with Gasteiger partial charge < -0.3 is 0 Å². The highest BCUT2D eigenvalue weighted by Gasteiger charge is 2.56. The Balaban J connectivity index is 1.91. The number of rotatable bonds is 2. The van der Waals surface area contributed by atoms with E-state index < -0.39 is 0 Å². The van der Waals surface area contributed by atoms with Gasteiger partial charge in [0.25, 0.3) is 0 Å². The molecule has 0 bridgehead atoms. The van der Waals surface area contributed by atoms with E-state index in [0.717, 1.165) is 17.3 Å². The summed E-state index contributed by atoms with van der Waals surface area (Å²) in [5, 5.41) is 0. The third-order valence-corrected chi connectivity index (χ3v) is 7.52. The van der Waals surface area contributed by atoms with E-state index in [2.05, 4.69) is 13.8 Å². The Kier molecular flexibility index (Phi) is 3.98. The van der Waals surface area contributed by atoms with Crippen LogP contribution in [-0.4, -0.2) is 0 Å². The van der Waals surface area contributed by atoms with Gasteiger partial charge in [-0.2, -0.15) is 0 Å². The molecule has 0 N–H and O–H groups in total. The molecule has 0 spiro atoms. The van der Waals surface area contributed by atoms with Crippen molar-refractivity contribution in [2.24, 2.45) is 22.7 Å². The maximum atomic E-state index is 2.70. The summed E-state index contributed by atoms with van der Waals surface area (Å²) in [7, 11) is 0. The molecule has 0 aromatic heterocycles. The van der Waals surface area contributed by atoms with E-state index >= 15 is 0 Å². The topological polar surface area (TPSA) is 0 Å². The summed E-state index contributed by atoms with van der Waals surface area (Å²) < 4.78 is 0. The minimum atomic E-state index is 0.684. The molecule has 0 amide bonds. The molecule has 110 valence electrons. The van der Waals surface area contributed by atoms with Gasteiger partial charge in [0.2, 0.25) is 0 Å². The average Bonchev–Trinajstić information content (AvgIpc) is 2.84. The van der Waals surface area contributed by atoms with Gasteiger partial charge in [-0.05, 0) is 54.8 Å². The Hall–Kier alpha value is 0. The van der Waals surface area contributed by atoms with Gasteiger partial charge in [0.15, 0.2) is 0 Å². The van der Waals surface area contributed by atoms with Crippen LogP contribution in [0.1, 0.15) is 97.3 Å². The fourth-order valence-corrected chi connectivity index (χ4v) is 6.62. The van der Waals surface area contributed by atoms with Crippen LogP contribution in [0.15, 0.2) is 0 Å². The quantitative estimate of drug-likeness (QED) is 0.544. The van der Waals surface area contributed by atoms with Crippen molar-refractivity contribution in [2.75, 3.05) is 0 Å². The lowest BCUT2D eigenvalue weighted by Gasteiger charge is -2.57. The average molecular weight is 262 g/mol. The van der Waals surface area contributed by atoms with E-state index in [1.54, 1.807) is 19.3 Å². The Morgan fingerprint density at radius 3 is 1.89 bits per heavy atom. The summed E-state index contributed by atoms with van der Waals surface area (Å²) in [5.74, 6) is 2.07. The molecule has 3 fully saturated rings. The molecule has 0 nitrogen and oxygen atoms in total. The minimum Gasteiger partial charge on any atom is -0.0619 e. The summed E-state index contributed by atoms with van der Waals surface area (Å²) in [5.41, 5.74) is 1.41. The maximum absolute atomic E-state index is 2.70. The Bertz CT molecular complexity index is 293. The fraction of sp³-hybridized carbons (Fsp3) is 1.00. The van der Waals surface area contributed by atoms with Crippen LogP contribution >= 0.6 is 0 Å². The second-order valence-corrected chi connectivity index (χ2v) is 8.29. The predicted molar refractivity (Wildman–Crippen MR) is 83.2 cm³/mol. The van der Waals surface area contributed by atoms with Gasteiger partial charge in [0.1, 0.15) is 0 Å². The third-order valence-electron chi connectivity index (χ3n) is 7.52. The molecule has 2 atom stereocenters. The van der Waals surface area contributed by atoms with Crippen LogP contribution in [0.5, 0.6) is 0 Å². The van der Waals surface area contributed by atoms with E-state index in [1.165, 1.54) is 64.2 Å². The molecule has 0 aromatic rings. The highest BCUT2D eigenvalue weighted by atomic mass is 14.6. The van der Waals surface area contributed by atoms with Crippen molar-refractivity contribution in [1.29, 1.82) is 0 Å². The van der Waals surface area contributed by atoms with Crippen LogP contribution < -0.4 is 0 Å². The predicted octanol–water partition coefficient (Wildman–Crippen LogP) is 6.34. The van der Waals surface area contributed by atoms with Crippen molar-refractivity contribution in [3.8, 4) is 0 Å². The lowest BCUT2D eigenvalue weighted by Crippen LogP contribution is -2.49. The molecule has 0 heterocycles. The van der Waals surface area contributed by atoms with Gasteiger partial charge in [-0.25, -0.2) is 0 Å². The van der Waals surface area contributed by atoms with Gasteiger partial charge in [0, 0.05) is 0 Å². The highest BCUT2D eigenvalue weighted by Crippen LogP contribution is 2.65. The summed E-state index contributed by atoms with van der Waals surface area (Å²) in [6.07, 6.45) is 19.9. The normalized spacial score (nSPS) is 40.4. The molecule has 0 saturated heterocycles. The molecule has 0 radical (unpaired) electrons. The molecular formula is C19H34. The Labute approximate surface area is 120 Å². The van der Waals surface area contributed by atoms with Crippen LogP contribution in [0.2, 0.25) is 0 Å². The zero-order chi connectivity index (χ0) is 13.3. The first-order valence-electron chi connectivity index (χ1n) is 9.19. The minimum absolute atomic E-state index is 0.684. The lowest BCUT2D eigenvalue weighted by atomic mass is 9.48. The number of hydrogen-bond donors (Lipinski definition) is 0. The van der Waals surface area contributed by atoms with E-state index in [0.29, 0.717) is 5.41 Å². The maximum Gasteiger partial charge on any atom is -0.0190 e. The van der Waals surface area contributed by atoms with E-state index in [4.69, 9.17) is 0 Å². The van der Waals surface area contributed by atoms with E-state index in [-0.39, 0.29) is 0 Å². The summed E-state index contributed by atoms with van der Waals surface area (Å²) in [4.78, 5) is 0. The SMILES string of the molecule is CC1CCCC1(C1CCCCC1)C1(C)CCCCC1. The molecule has 0 aromatic carbocycles. The molecule has 3 aliphatic rings. The summed E-state index contributed by atoms with van der Waals surface area (Å²) >= 11 is 0. The first-order chi connectivity index (χ1) is 9.19. The van der Waals surface area contributed by atoms with Crippen molar-refractivity contribution >= 4 is 0 Å². The smallest absolute Gasteiger partial charge is 0.0190 e. The van der Waals surface area contributed by atoms with Crippen molar-refractivity contribution < 1.29 is 0 Å². The monoisotopic (exact) mass is 262 g/mol. The number of hydrogen-bond acceptors (Lipinski definition) is 0. The zero-order valence-corrected chi connectivity index (χ0v) is 13.3. The Morgan fingerprint density at radius 1 is 0.684 bits per heavy atom. The van der Waals surface area contributed by atoms with Crippen molar-refractivity contribution in [3.63, 3.8) is 0 Å². The highest BCUT2D eigenvalue weighted by molar-refractivity contribution is 5.06. The molecule has 0 heteroatoms. The van der Waals surface area contributed by atoms with E-state index in [9.17, 15) is 0 Å². The molecule has 0 aliphatic heterocycles. The molecule has 3 aliphatic carbocycles. The Morgan fingerprint density at radius 2 is 1.32 bits per heavy atom. The van der Waals surface area contributed by atoms with Crippen LogP contribution in [0.25, 0.3) is 0 Å².